The first-order valence-electron chi connectivity index (χ1n) is 5.32. The highest BCUT2D eigenvalue weighted by Crippen LogP contribution is 2.16. The van der Waals surface area contributed by atoms with Crippen LogP contribution in [0, 0.1) is 0 Å². The fraction of sp³-hybridized carbons (Fsp3) is 0.455. The molecule has 5 heteroatoms. The normalized spacial score (nSPS) is 10.1. The van der Waals surface area contributed by atoms with Crippen molar-refractivity contribution >= 4 is 11.6 Å². The maximum Gasteiger partial charge on any atom is 0.271 e. The summed E-state index contributed by atoms with van der Waals surface area (Å²) in [7, 11) is 1.72. The Hall–Kier alpha value is -1.78. The van der Waals surface area contributed by atoms with Crippen molar-refractivity contribution in [1.82, 2.24) is 15.1 Å². The number of nitrogen functional groups attached to an aromatic ring is 1. The Labute approximate surface area is 95.3 Å². The molecule has 1 aromatic heterocycles. The number of nitrogens with one attached hydrogen (secondary N) is 1. The fourth-order valence-corrected chi connectivity index (χ4v) is 1.50. The summed E-state index contributed by atoms with van der Waals surface area (Å²) in [5.74, 6) is -0.186. The van der Waals surface area contributed by atoms with Crippen molar-refractivity contribution in [3.63, 3.8) is 0 Å². The number of hydrogen-bond donors (Lipinski definition) is 2. The van der Waals surface area contributed by atoms with E-state index in [9.17, 15) is 4.79 Å². The first-order valence-corrected chi connectivity index (χ1v) is 5.32. The van der Waals surface area contributed by atoms with E-state index in [0.717, 1.165) is 18.5 Å². The molecule has 0 spiro atoms. The van der Waals surface area contributed by atoms with Gasteiger partial charge in [0.15, 0.2) is 0 Å². The van der Waals surface area contributed by atoms with Gasteiger partial charge in [-0.25, -0.2) is 0 Å². The smallest absolute Gasteiger partial charge is 0.271 e. The van der Waals surface area contributed by atoms with Gasteiger partial charge in [0.05, 0.1) is 11.4 Å². The van der Waals surface area contributed by atoms with Gasteiger partial charge in [-0.2, -0.15) is 5.10 Å². The lowest BCUT2D eigenvalue weighted by molar-refractivity contribution is 0.0946. The maximum atomic E-state index is 11.8. The van der Waals surface area contributed by atoms with Crippen LogP contribution in [-0.4, -0.2) is 22.2 Å². The van der Waals surface area contributed by atoms with Crippen molar-refractivity contribution in [3.8, 4) is 0 Å². The highest BCUT2D eigenvalue weighted by atomic mass is 16.2. The van der Waals surface area contributed by atoms with Crippen molar-refractivity contribution in [2.24, 2.45) is 7.05 Å². The van der Waals surface area contributed by atoms with Crippen molar-refractivity contribution in [2.75, 3.05) is 12.3 Å². The van der Waals surface area contributed by atoms with Crippen LogP contribution in [0.2, 0.25) is 0 Å². The Bertz CT molecular complexity index is 395. The number of carbonyl (C=O) groups excluding carboxylic acids is 1. The number of carbonyl (C=O) groups is 1. The van der Waals surface area contributed by atoms with E-state index in [1.165, 1.54) is 4.68 Å². The van der Waals surface area contributed by atoms with Crippen molar-refractivity contribution in [1.29, 1.82) is 0 Å². The second-order valence-corrected chi connectivity index (χ2v) is 3.52. The monoisotopic (exact) mass is 222 g/mol. The molecule has 0 aromatic carbocycles. The Balaban J connectivity index is 2.82. The number of amides is 1. The van der Waals surface area contributed by atoms with Crippen LogP contribution in [0.25, 0.3) is 0 Å². The zero-order valence-electron chi connectivity index (χ0n) is 9.79. The van der Waals surface area contributed by atoms with E-state index in [-0.39, 0.29) is 5.91 Å². The minimum absolute atomic E-state index is 0.186. The van der Waals surface area contributed by atoms with E-state index < -0.39 is 0 Å². The third kappa shape index (κ3) is 2.42. The van der Waals surface area contributed by atoms with E-state index in [0.29, 0.717) is 17.9 Å². The SMILES string of the molecule is C=CCCNC(=O)c1c(N)c(CC)nn1C. The molecule has 0 aliphatic carbocycles. The van der Waals surface area contributed by atoms with E-state index in [1.807, 2.05) is 6.92 Å². The number of anilines is 1. The highest BCUT2D eigenvalue weighted by Gasteiger charge is 2.18. The maximum absolute atomic E-state index is 11.8. The van der Waals surface area contributed by atoms with E-state index in [4.69, 9.17) is 5.73 Å². The molecule has 1 amide bonds. The van der Waals surface area contributed by atoms with Gasteiger partial charge in [0, 0.05) is 13.6 Å². The molecule has 88 valence electrons. The average molecular weight is 222 g/mol. The summed E-state index contributed by atoms with van der Waals surface area (Å²) >= 11 is 0. The summed E-state index contributed by atoms with van der Waals surface area (Å²) < 4.78 is 1.53. The largest absolute Gasteiger partial charge is 0.395 e. The van der Waals surface area contributed by atoms with Crippen LogP contribution in [0.5, 0.6) is 0 Å². The Morgan fingerprint density at radius 1 is 1.69 bits per heavy atom. The third-order valence-electron chi connectivity index (χ3n) is 2.34. The predicted molar refractivity (Wildman–Crippen MR) is 64.1 cm³/mol. The average Bonchev–Trinajstić information content (AvgIpc) is 2.54. The van der Waals surface area contributed by atoms with Gasteiger partial charge >= 0.3 is 0 Å². The van der Waals surface area contributed by atoms with Crippen LogP contribution in [-0.2, 0) is 13.5 Å². The lowest BCUT2D eigenvalue weighted by Crippen LogP contribution is -2.27. The molecule has 0 saturated heterocycles. The molecule has 0 fully saturated rings. The first-order chi connectivity index (χ1) is 7.61. The van der Waals surface area contributed by atoms with Gasteiger partial charge in [0.2, 0.25) is 0 Å². The Morgan fingerprint density at radius 2 is 2.38 bits per heavy atom. The lowest BCUT2D eigenvalue weighted by atomic mass is 10.2. The van der Waals surface area contributed by atoms with Gasteiger partial charge in [-0.1, -0.05) is 13.0 Å². The van der Waals surface area contributed by atoms with Crippen LogP contribution in [0.3, 0.4) is 0 Å². The summed E-state index contributed by atoms with van der Waals surface area (Å²) in [6.45, 7) is 6.11. The molecule has 0 aliphatic rings. The zero-order valence-corrected chi connectivity index (χ0v) is 9.79. The molecule has 0 saturated carbocycles. The number of nitrogens with two attached hydrogens (primary N) is 1. The predicted octanol–water partition coefficient (Wildman–Crippen LogP) is 0.871. The van der Waals surface area contributed by atoms with Crippen LogP contribution in [0.4, 0.5) is 5.69 Å². The third-order valence-corrected chi connectivity index (χ3v) is 2.34. The lowest BCUT2D eigenvalue weighted by Gasteiger charge is -2.04. The highest BCUT2D eigenvalue weighted by molar-refractivity contribution is 5.97. The van der Waals surface area contributed by atoms with Gasteiger partial charge in [-0.3, -0.25) is 9.48 Å². The second kappa shape index (κ2) is 5.34. The molecule has 1 aromatic rings. The fourth-order valence-electron chi connectivity index (χ4n) is 1.50. The number of rotatable bonds is 5. The summed E-state index contributed by atoms with van der Waals surface area (Å²) in [5.41, 5.74) is 7.52. The molecule has 3 N–H and O–H groups in total. The topological polar surface area (TPSA) is 72.9 Å². The summed E-state index contributed by atoms with van der Waals surface area (Å²) in [5, 5.41) is 6.96. The van der Waals surface area contributed by atoms with Gasteiger partial charge in [0.1, 0.15) is 5.69 Å². The van der Waals surface area contributed by atoms with Crippen molar-refractivity contribution < 1.29 is 4.79 Å². The molecule has 0 radical (unpaired) electrons. The Morgan fingerprint density at radius 3 is 2.88 bits per heavy atom. The molecule has 0 atom stereocenters. The van der Waals surface area contributed by atoms with E-state index in [2.05, 4.69) is 17.0 Å². The molecule has 16 heavy (non-hydrogen) atoms. The molecule has 1 heterocycles. The standard InChI is InChI=1S/C11H18N4O/c1-4-6-7-13-11(16)10-9(12)8(5-2)14-15(10)3/h4H,1,5-7,12H2,2-3H3,(H,13,16). The molecule has 0 aliphatic heterocycles. The van der Waals surface area contributed by atoms with Crippen LogP contribution in [0.1, 0.15) is 29.5 Å². The summed E-state index contributed by atoms with van der Waals surface area (Å²) in [6.07, 6.45) is 3.22. The minimum atomic E-state index is -0.186. The molecular formula is C11H18N4O. The van der Waals surface area contributed by atoms with E-state index in [1.54, 1.807) is 13.1 Å². The summed E-state index contributed by atoms with van der Waals surface area (Å²) in [4.78, 5) is 11.8. The number of hydrogen-bond acceptors (Lipinski definition) is 3. The summed E-state index contributed by atoms with van der Waals surface area (Å²) in [6, 6.07) is 0. The van der Waals surface area contributed by atoms with Crippen LogP contribution >= 0.6 is 0 Å². The first kappa shape index (κ1) is 12.3. The van der Waals surface area contributed by atoms with Gasteiger partial charge in [-0.15, -0.1) is 6.58 Å². The molecule has 0 unspecified atom stereocenters. The number of aromatic nitrogens is 2. The number of aryl methyl sites for hydroxylation is 2. The molecular weight excluding hydrogens is 204 g/mol. The molecule has 1 rings (SSSR count). The van der Waals surface area contributed by atoms with Crippen molar-refractivity contribution in [3.05, 3.63) is 24.0 Å². The van der Waals surface area contributed by atoms with Gasteiger partial charge in [-0.05, 0) is 12.8 Å². The van der Waals surface area contributed by atoms with Gasteiger partial charge in [0.25, 0.3) is 5.91 Å². The zero-order chi connectivity index (χ0) is 12.1. The Kier molecular flexibility index (Phi) is 4.10. The minimum Gasteiger partial charge on any atom is -0.395 e. The quantitative estimate of drug-likeness (QED) is 0.573. The number of nitrogens with zero attached hydrogens (tertiary/aromatic N) is 2. The molecule has 0 bridgehead atoms. The van der Waals surface area contributed by atoms with Gasteiger partial charge < -0.3 is 11.1 Å². The van der Waals surface area contributed by atoms with E-state index >= 15 is 0 Å². The molecule has 5 nitrogen and oxygen atoms in total. The van der Waals surface area contributed by atoms with Crippen LogP contribution in [0.15, 0.2) is 12.7 Å². The van der Waals surface area contributed by atoms with Crippen LogP contribution < -0.4 is 11.1 Å². The van der Waals surface area contributed by atoms with Crippen molar-refractivity contribution in [2.45, 2.75) is 19.8 Å². The second-order valence-electron chi connectivity index (χ2n) is 3.52.